The van der Waals surface area contributed by atoms with Crippen molar-refractivity contribution in [1.29, 1.82) is 0 Å². The Kier molecular flexibility index (Phi) is 9.57. The molecule has 2 unspecified atom stereocenters. The molecule has 0 spiro atoms. The van der Waals surface area contributed by atoms with Crippen LogP contribution in [0.3, 0.4) is 0 Å². The fourth-order valence-electron chi connectivity index (χ4n) is 2.54. The molecule has 0 saturated carbocycles. The van der Waals surface area contributed by atoms with Gasteiger partial charge in [0.15, 0.2) is 0 Å². The monoisotopic (exact) mass is 337 g/mol. The zero-order chi connectivity index (χ0) is 13.7. The van der Waals surface area contributed by atoms with Crippen LogP contribution in [0.25, 0.3) is 0 Å². The lowest BCUT2D eigenvalue weighted by Gasteiger charge is -2.33. The minimum atomic E-state index is 0. The van der Waals surface area contributed by atoms with E-state index in [0.29, 0.717) is 12.3 Å². The Morgan fingerprint density at radius 1 is 1.48 bits per heavy atom. The van der Waals surface area contributed by atoms with Crippen molar-refractivity contribution < 1.29 is 4.79 Å². The highest BCUT2D eigenvalue weighted by atomic mass is 35.5. The summed E-state index contributed by atoms with van der Waals surface area (Å²) < 4.78 is 1.85. The van der Waals surface area contributed by atoms with Gasteiger partial charge < -0.3 is 10.6 Å². The first-order valence-corrected chi connectivity index (χ1v) is 7.01. The van der Waals surface area contributed by atoms with Crippen LogP contribution in [0, 0.1) is 5.92 Å². The predicted octanol–water partition coefficient (Wildman–Crippen LogP) is 1.49. The number of rotatable bonds is 5. The Morgan fingerprint density at radius 2 is 2.24 bits per heavy atom. The second-order valence-electron chi connectivity index (χ2n) is 5.48. The molecule has 1 aliphatic rings. The number of hydrogen-bond acceptors (Lipinski definition) is 4. The van der Waals surface area contributed by atoms with Crippen molar-refractivity contribution in [2.75, 3.05) is 13.1 Å². The van der Waals surface area contributed by atoms with E-state index in [0.717, 1.165) is 38.9 Å². The molecule has 1 amide bonds. The van der Waals surface area contributed by atoms with Crippen LogP contribution in [0.2, 0.25) is 0 Å². The molecule has 2 atom stereocenters. The maximum absolute atomic E-state index is 12.1. The van der Waals surface area contributed by atoms with E-state index in [1.54, 1.807) is 12.7 Å². The van der Waals surface area contributed by atoms with Crippen molar-refractivity contribution >= 4 is 30.7 Å². The molecule has 0 aromatic carbocycles. The molecule has 2 N–H and O–H groups in total. The van der Waals surface area contributed by atoms with Crippen molar-refractivity contribution in [3.05, 3.63) is 12.7 Å². The second kappa shape index (κ2) is 9.97. The summed E-state index contributed by atoms with van der Waals surface area (Å²) in [6.07, 6.45) is 6.84. The molecule has 8 heteroatoms. The molecular formula is C13H25Cl2N5O. The summed E-state index contributed by atoms with van der Waals surface area (Å²) in [5, 5.41) is 4.13. The zero-order valence-corrected chi connectivity index (χ0v) is 14.0. The third kappa shape index (κ3) is 6.63. The Morgan fingerprint density at radius 3 is 2.86 bits per heavy atom. The van der Waals surface area contributed by atoms with Crippen molar-refractivity contribution in [3.63, 3.8) is 0 Å². The summed E-state index contributed by atoms with van der Waals surface area (Å²) >= 11 is 0. The summed E-state index contributed by atoms with van der Waals surface area (Å²) in [5.41, 5.74) is 5.70. The van der Waals surface area contributed by atoms with Gasteiger partial charge in [-0.1, -0.05) is 0 Å². The molecule has 1 aromatic rings. The van der Waals surface area contributed by atoms with Crippen LogP contribution in [0.5, 0.6) is 0 Å². The van der Waals surface area contributed by atoms with Crippen LogP contribution in [-0.2, 0) is 11.3 Å². The van der Waals surface area contributed by atoms with Gasteiger partial charge >= 0.3 is 0 Å². The molecule has 0 bridgehead atoms. The molecule has 2 rings (SSSR count). The minimum Gasteiger partial charge on any atom is -0.342 e. The number of carbonyl (C=O) groups excluding carboxylic acids is 1. The SMILES string of the molecule is CC(N)CCC(=O)N1CCCC(Cn2cncn2)C1.Cl.Cl. The number of carbonyl (C=O) groups is 1. The molecular weight excluding hydrogens is 313 g/mol. The number of halogens is 2. The molecule has 21 heavy (non-hydrogen) atoms. The van der Waals surface area contributed by atoms with Crippen molar-refractivity contribution in [2.24, 2.45) is 11.7 Å². The zero-order valence-electron chi connectivity index (χ0n) is 12.4. The van der Waals surface area contributed by atoms with Gasteiger partial charge in [0.05, 0.1) is 0 Å². The number of nitrogens with two attached hydrogens (primary N) is 1. The van der Waals surface area contributed by atoms with E-state index in [9.17, 15) is 4.79 Å². The Hall–Kier alpha value is -0.850. The average molecular weight is 338 g/mol. The van der Waals surface area contributed by atoms with Crippen LogP contribution in [0.4, 0.5) is 0 Å². The number of likely N-dealkylation sites (tertiary alicyclic amines) is 1. The van der Waals surface area contributed by atoms with Crippen LogP contribution in [0.15, 0.2) is 12.7 Å². The van der Waals surface area contributed by atoms with Gasteiger partial charge in [0.2, 0.25) is 5.91 Å². The van der Waals surface area contributed by atoms with Crippen LogP contribution < -0.4 is 5.73 Å². The van der Waals surface area contributed by atoms with E-state index in [1.165, 1.54) is 0 Å². The highest BCUT2D eigenvalue weighted by Crippen LogP contribution is 2.19. The largest absolute Gasteiger partial charge is 0.342 e. The predicted molar refractivity (Wildman–Crippen MR) is 86.7 cm³/mol. The van der Waals surface area contributed by atoms with Crippen LogP contribution in [0.1, 0.15) is 32.6 Å². The molecule has 1 aliphatic heterocycles. The molecule has 122 valence electrons. The minimum absolute atomic E-state index is 0. The van der Waals surface area contributed by atoms with E-state index < -0.39 is 0 Å². The molecule has 6 nitrogen and oxygen atoms in total. The smallest absolute Gasteiger partial charge is 0.222 e. The standard InChI is InChI=1S/C13H23N5O.2ClH/c1-11(14)4-5-13(19)17-6-2-3-12(7-17)8-18-10-15-9-16-18;;/h9-12H,2-8,14H2,1H3;2*1H. The maximum Gasteiger partial charge on any atom is 0.222 e. The highest BCUT2D eigenvalue weighted by Gasteiger charge is 2.23. The van der Waals surface area contributed by atoms with E-state index in [4.69, 9.17) is 5.73 Å². The Bertz CT molecular complexity index is 399. The van der Waals surface area contributed by atoms with Gasteiger partial charge in [-0.2, -0.15) is 5.10 Å². The third-order valence-electron chi connectivity index (χ3n) is 3.60. The summed E-state index contributed by atoms with van der Waals surface area (Å²) in [6, 6.07) is 0.0969. The number of nitrogens with zero attached hydrogens (tertiary/aromatic N) is 4. The summed E-state index contributed by atoms with van der Waals surface area (Å²) in [6.45, 7) is 4.50. The van der Waals surface area contributed by atoms with E-state index in [-0.39, 0.29) is 36.8 Å². The lowest BCUT2D eigenvalue weighted by Crippen LogP contribution is -2.41. The highest BCUT2D eigenvalue weighted by molar-refractivity contribution is 5.85. The van der Waals surface area contributed by atoms with Gasteiger partial charge in [-0.05, 0) is 32.1 Å². The summed E-state index contributed by atoms with van der Waals surface area (Å²) in [7, 11) is 0. The number of piperidine rings is 1. The first kappa shape index (κ1) is 20.1. The maximum atomic E-state index is 12.1. The average Bonchev–Trinajstić information content (AvgIpc) is 2.89. The number of hydrogen-bond donors (Lipinski definition) is 1. The van der Waals surface area contributed by atoms with Gasteiger partial charge in [-0.25, -0.2) is 4.98 Å². The van der Waals surface area contributed by atoms with Gasteiger partial charge in [-0.15, -0.1) is 24.8 Å². The van der Waals surface area contributed by atoms with Crippen LogP contribution >= 0.6 is 24.8 Å². The van der Waals surface area contributed by atoms with Gasteiger partial charge in [0, 0.05) is 32.1 Å². The van der Waals surface area contributed by atoms with E-state index >= 15 is 0 Å². The van der Waals surface area contributed by atoms with Gasteiger partial charge in [0.1, 0.15) is 12.7 Å². The number of aromatic nitrogens is 3. The Balaban J connectivity index is 0.00000200. The fraction of sp³-hybridized carbons (Fsp3) is 0.769. The first-order chi connectivity index (χ1) is 9.15. The van der Waals surface area contributed by atoms with Crippen LogP contribution in [-0.4, -0.2) is 44.7 Å². The first-order valence-electron chi connectivity index (χ1n) is 7.01. The number of amides is 1. The summed E-state index contributed by atoms with van der Waals surface area (Å²) in [4.78, 5) is 18.0. The van der Waals surface area contributed by atoms with E-state index in [2.05, 4.69) is 10.1 Å². The molecule has 1 saturated heterocycles. The third-order valence-corrected chi connectivity index (χ3v) is 3.60. The van der Waals surface area contributed by atoms with E-state index in [1.807, 2.05) is 16.5 Å². The second-order valence-corrected chi connectivity index (χ2v) is 5.48. The lowest BCUT2D eigenvalue weighted by atomic mass is 9.97. The molecule has 1 aromatic heterocycles. The van der Waals surface area contributed by atoms with Crippen molar-refractivity contribution in [2.45, 2.75) is 45.2 Å². The lowest BCUT2D eigenvalue weighted by molar-refractivity contribution is -0.133. The van der Waals surface area contributed by atoms with Gasteiger partial charge in [0.25, 0.3) is 0 Å². The molecule has 2 heterocycles. The van der Waals surface area contributed by atoms with Gasteiger partial charge in [-0.3, -0.25) is 9.48 Å². The molecule has 0 aliphatic carbocycles. The topological polar surface area (TPSA) is 77.0 Å². The van der Waals surface area contributed by atoms with Crippen molar-refractivity contribution in [1.82, 2.24) is 19.7 Å². The summed E-state index contributed by atoms with van der Waals surface area (Å²) in [5.74, 6) is 0.718. The molecule has 0 radical (unpaired) electrons. The fourth-order valence-corrected chi connectivity index (χ4v) is 2.54. The normalized spacial score (nSPS) is 19.3. The van der Waals surface area contributed by atoms with Crippen molar-refractivity contribution in [3.8, 4) is 0 Å². The molecule has 1 fully saturated rings. The Labute approximate surface area is 138 Å². The quantitative estimate of drug-likeness (QED) is 0.882.